The highest BCUT2D eigenvalue weighted by Crippen LogP contribution is 2.27. The minimum Gasteiger partial charge on any atom is -0.508 e. The van der Waals surface area contributed by atoms with Gasteiger partial charge in [0.1, 0.15) is 78.2 Å². The van der Waals surface area contributed by atoms with Crippen LogP contribution < -0.4 is 64.2 Å². The number of amidine groups is 1. The third-order valence-corrected chi connectivity index (χ3v) is 21.1. The number of nitrogens with two attached hydrogens (primary N) is 1. The van der Waals surface area contributed by atoms with Crippen LogP contribution in [0.2, 0.25) is 0 Å². The topological polar surface area (TPSA) is 559 Å². The number of unbranched alkanes of at least 4 members (excludes halogenated alkanes) is 5. The Morgan fingerprint density at radius 2 is 1.28 bits per heavy atom. The summed E-state index contributed by atoms with van der Waals surface area (Å²) < 4.78 is 11.1. The second-order valence-electron chi connectivity index (χ2n) is 30.0. The molecule has 1 unspecified atom stereocenters. The van der Waals surface area contributed by atoms with E-state index < -0.39 is 201 Å². The Kier molecular flexibility index (Phi) is 45.0. The van der Waals surface area contributed by atoms with Gasteiger partial charge in [-0.25, -0.2) is 0 Å². The van der Waals surface area contributed by atoms with Gasteiger partial charge >= 0.3 is 0 Å². The Balaban J connectivity index is 1.25. The Morgan fingerprint density at radius 3 is 1.93 bits per heavy atom. The quantitative estimate of drug-likeness (QED) is 0.0234. The molecule has 3 aliphatic rings. The van der Waals surface area contributed by atoms with Crippen molar-refractivity contribution in [2.24, 2.45) is 22.6 Å². The first kappa shape index (κ1) is 98.6. The summed E-state index contributed by atoms with van der Waals surface area (Å²) >= 11 is 1.49. The van der Waals surface area contributed by atoms with Gasteiger partial charge in [0, 0.05) is 77.8 Å². The van der Waals surface area contributed by atoms with Gasteiger partial charge in [0.2, 0.25) is 77.3 Å². The van der Waals surface area contributed by atoms with Gasteiger partial charge in [-0.3, -0.25) is 67.3 Å². The average molecular weight is 1670 g/mol. The molecule has 3 saturated heterocycles. The fraction of sp³-hybridized carbons (Fsp3) is 0.671. The van der Waals surface area contributed by atoms with E-state index >= 15 is 9.59 Å². The molecule has 654 valence electrons. The van der Waals surface area contributed by atoms with Crippen molar-refractivity contribution in [2.45, 2.75) is 235 Å². The van der Waals surface area contributed by atoms with E-state index in [4.69, 9.17) is 15.2 Å². The van der Waals surface area contributed by atoms with Crippen LogP contribution in [0.5, 0.6) is 5.75 Å². The minimum atomic E-state index is -2.37. The molecule has 3 aliphatic heterocycles. The van der Waals surface area contributed by atoms with E-state index in [1.165, 1.54) is 30.3 Å². The molecule has 0 aliphatic carbocycles. The standard InChI is InChI=1S/C79H125N15O22S/c1-6-48(2)41-49(3)17-12-9-7-8-10-15-21-64(103)87-57-44-61(100)71(83-32-30-80)92-75(110)58-20-16-35-93(58)79(114)67(90-77(112)68(70(106)69(105)52-22-24-53(97)25-23-52)91-76(111)59-43-54(98)46-94(59)78(113)66(50(4)96)89-74(57)109)60(99)28-31-81-62(101)26-27-63(102)82-33-36-115-38-39-116-37-34-84-73(108)56(42-51-18-13-11-14-19-51)88-65(104)45-85-72(107)55(86-47-95)29-40-117-5/h11,13-14,18-19,22-25,47-50,54-61,66-70,96-100,105-106H,6-10,12,15-17,20-21,26-46,80H2,1-5H3,(H,81,101)(H,82,102)(H,84,108)(H,85,107)(H,86,95)(H,87,103)(H,88,104)(H,89,109)(H,90,112)(H,91,111)(H,83,92,110)/t48-,49?,50+,54+,55-,56-,57-,58-,59-,60+,61+,66-,67-,68-,69-,70-/m0/s1. The molecular weight excluding hydrogens is 1540 g/mol. The Hall–Kier alpha value is -8.99. The van der Waals surface area contributed by atoms with E-state index in [0.29, 0.717) is 43.3 Å². The van der Waals surface area contributed by atoms with Crippen molar-refractivity contribution in [1.82, 2.24) is 68.3 Å². The molecule has 3 fully saturated rings. The van der Waals surface area contributed by atoms with Gasteiger partial charge in [0.05, 0.1) is 57.8 Å². The number of amides is 13. The Labute approximate surface area is 687 Å². The van der Waals surface area contributed by atoms with Crippen LogP contribution in [0.25, 0.3) is 0 Å². The van der Waals surface area contributed by atoms with Crippen LogP contribution in [0.1, 0.15) is 161 Å². The lowest BCUT2D eigenvalue weighted by molar-refractivity contribution is -0.147. The van der Waals surface area contributed by atoms with Crippen molar-refractivity contribution in [2.75, 3.05) is 90.8 Å². The number of fused-ring (bicyclic) bond motifs is 2. The molecule has 5 rings (SSSR count). The van der Waals surface area contributed by atoms with Crippen LogP contribution >= 0.6 is 11.8 Å². The molecule has 0 aromatic heterocycles. The second-order valence-corrected chi connectivity index (χ2v) is 30.9. The summed E-state index contributed by atoms with van der Waals surface area (Å²) in [7, 11) is 0. The number of aliphatic hydroxyl groups excluding tert-OH is 6. The van der Waals surface area contributed by atoms with E-state index in [1.807, 2.05) is 6.26 Å². The summed E-state index contributed by atoms with van der Waals surface area (Å²) in [6.07, 6.45) is -2.81. The second kappa shape index (κ2) is 53.4. The summed E-state index contributed by atoms with van der Waals surface area (Å²) in [6, 6.07) is 0.488. The zero-order valence-electron chi connectivity index (χ0n) is 67.7. The summed E-state index contributed by atoms with van der Waals surface area (Å²) in [5.74, 6) is -9.46. The van der Waals surface area contributed by atoms with Gasteiger partial charge in [0.25, 0.3) is 0 Å². The molecule has 37 nitrogen and oxygen atoms in total. The highest BCUT2D eigenvalue weighted by Gasteiger charge is 2.48. The number of carbonyl (C=O) groups excluding carboxylic acids is 13. The third kappa shape index (κ3) is 34.9. The molecule has 20 N–H and O–H groups in total. The fourth-order valence-corrected chi connectivity index (χ4v) is 14.3. The Morgan fingerprint density at radius 1 is 0.658 bits per heavy atom. The van der Waals surface area contributed by atoms with Crippen LogP contribution in [0.3, 0.4) is 0 Å². The van der Waals surface area contributed by atoms with Crippen molar-refractivity contribution in [3.8, 4) is 5.75 Å². The van der Waals surface area contributed by atoms with Crippen molar-refractivity contribution in [3.63, 3.8) is 0 Å². The highest BCUT2D eigenvalue weighted by molar-refractivity contribution is 7.98. The number of aliphatic hydroxyl groups is 6. The lowest BCUT2D eigenvalue weighted by atomic mass is 9.91. The van der Waals surface area contributed by atoms with Crippen molar-refractivity contribution in [1.29, 1.82) is 0 Å². The summed E-state index contributed by atoms with van der Waals surface area (Å²) in [6.45, 7) is 6.26. The zero-order chi connectivity index (χ0) is 85.9. The molecule has 13 amide bonds. The van der Waals surface area contributed by atoms with E-state index in [0.717, 1.165) is 72.9 Å². The number of phenolic OH excluding ortho intramolecular Hbond substituents is 1. The molecule has 0 bridgehead atoms. The number of nitrogens with one attached hydrogen (secondary N) is 11. The number of aliphatic imine (C=N–C) groups is 1. The van der Waals surface area contributed by atoms with Crippen molar-refractivity contribution < 1.29 is 108 Å². The lowest BCUT2D eigenvalue weighted by Crippen LogP contribution is -2.64. The van der Waals surface area contributed by atoms with Crippen LogP contribution in [0.15, 0.2) is 59.6 Å². The first-order valence-corrected chi connectivity index (χ1v) is 41.9. The average Bonchev–Trinajstić information content (AvgIpc) is 1.75. The van der Waals surface area contributed by atoms with Gasteiger partial charge in [-0.1, -0.05) is 108 Å². The van der Waals surface area contributed by atoms with E-state index in [9.17, 15) is 88.5 Å². The van der Waals surface area contributed by atoms with Gasteiger partial charge in [0.15, 0.2) is 0 Å². The number of hydrogen-bond donors (Lipinski definition) is 19. The molecule has 38 heteroatoms. The lowest BCUT2D eigenvalue weighted by Gasteiger charge is -2.34. The predicted molar refractivity (Wildman–Crippen MR) is 431 cm³/mol. The third-order valence-electron chi connectivity index (χ3n) is 20.5. The summed E-state index contributed by atoms with van der Waals surface area (Å²) in [5, 5.41) is 108. The number of ether oxygens (including phenoxy) is 2. The first-order chi connectivity index (χ1) is 56.0. The highest BCUT2D eigenvalue weighted by atomic mass is 32.2. The number of aromatic hydroxyl groups is 1. The monoisotopic (exact) mass is 1670 g/mol. The SMILES string of the molecule is CC[C@H](C)CC(C)CCCCCCCCC(=O)N[C@H]1C[C@@H](O)/C(=N/CCN)NC(=O)[C@@H]2CCCN2C(=O)[C@H]([C@H](O)CCNC(=O)CCC(=O)NCCOCCOCCNC(=O)[C@H](Cc2ccccc2)NC(=O)CNC(=O)[C@H](CCSC)NC=O)NC(=O)[C@H]([C@H](O)[C@@H](O)c2ccc(O)cc2)NC(=O)[C@@H]2C[C@@H](O)CN2C(=O)[C@H]([C@@H](C)O)NC1=O. The molecule has 2 aromatic carbocycles. The van der Waals surface area contributed by atoms with E-state index in [2.05, 4.69) is 84.2 Å². The molecule has 2 aromatic rings. The number of carbonyl (C=O) groups is 13. The van der Waals surface area contributed by atoms with E-state index in [-0.39, 0.29) is 109 Å². The van der Waals surface area contributed by atoms with Crippen LogP contribution in [-0.2, 0) is 78.2 Å². The maximum Gasteiger partial charge on any atom is 0.248 e. The predicted octanol–water partition coefficient (Wildman–Crippen LogP) is -2.89. The minimum absolute atomic E-state index is 0.0323. The van der Waals surface area contributed by atoms with Gasteiger partial charge < -0.3 is 119 Å². The van der Waals surface area contributed by atoms with E-state index in [1.54, 1.807) is 30.3 Å². The van der Waals surface area contributed by atoms with Gasteiger partial charge in [-0.05, 0) is 92.6 Å². The molecule has 117 heavy (non-hydrogen) atoms. The maximum atomic E-state index is 15.2. The summed E-state index contributed by atoms with van der Waals surface area (Å²) in [4.78, 5) is 185. The molecular formula is C79H125N15O22S. The van der Waals surface area contributed by atoms with Crippen LogP contribution in [0.4, 0.5) is 0 Å². The smallest absolute Gasteiger partial charge is 0.248 e. The number of hydrogen-bond acceptors (Lipinski definition) is 25. The number of thioether (sulfide) groups is 1. The molecule has 0 radical (unpaired) electrons. The number of rotatable bonds is 47. The van der Waals surface area contributed by atoms with Gasteiger partial charge in [-0.15, -0.1) is 0 Å². The van der Waals surface area contributed by atoms with Crippen molar-refractivity contribution in [3.05, 3.63) is 65.7 Å². The fourth-order valence-electron chi connectivity index (χ4n) is 13.8. The summed E-state index contributed by atoms with van der Waals surface area (Å²) in [5.41, 5.74) is 6.49. The molecule has 3 heterocycles. The Bertz CT molecular complexity index is 3520. The first-order valence-electron chi connectivity index (χ1n) is 40.5. The number of phenols is 1. The molecule has 0 spiro atoms. The van der Waals surface area contributed by atoms with Gasteiger partial charge in [-0.2, -0.15) is 11.8 Å². The normalized spacial score (nSPS) is 22.1. The largest absolute Gasteiger partial charge is 0.508 e. The van der Waals surface area contributed by atoms with Crippen LogP contribution in [0, 0.1) is 11.8 Å². The number of nitrogens with zero attached hydrogens (tertiary/aromatic N) is 3. The van der Waals surface area contributed by atoms with Crippen molar-refractivity contribution >= 4 is 94.9 Å². The molecule has 0 saturated carbocycles. The number of benzene rings is 2. The zero-order valence-corrected chi connectivity index (χ0v) is 68.5. The molecule has 16 atom stereocenters. The van der Waals surface area contributed by atoms with Crippen LogP contribution in [-0.4, -0.2) is 298 Å². The maximum absolute atomic E-state index is 15.2.